The highest BCUT2D eigenvalue weighted by molar-refractivity contribution is 5.93. The fourth-order valence-electron chi connectivity index (χ4n) is 2.04. The number of aryl methyl sites for hydroxylation is 1. The van der Waals surface area contributed by atoms with Gasteiger partial charge in [0.2, 0.25) is 5.91 Å². The summed E-state index contributed by atoms with van der Waals surface area (Å²) in [6, 6.07) is 5.31. The molecule has 1 aromatic heterocycles. The van der Waals surface area contributed by atoms with Gasteiger partial charge >= 0.3 is 11.6 Å². The maximum absolute atomic E-state index is 11.8. The van der Waals surface area contributed by atoms with Gasteiger partial charge in [0.25, 0.3) is 0 Å². The molecule has 7 heteroatoms. The Morgan fingerprint density at radius 3 is 2.77 bits per heavy atom. The molecule has 1 atom stereocenters. The van der Waals surface area contributed by atoms with Crippen molar-refractivity contribution in [2.24, 2.45) is 5.73 Å². The number of carboxylic acid groups (broad SMARTS) is 1. The minimum absolute atomic E-state index is 0.0106. The predicted molar refractivity (Wildman–Crippen MR) is 80.7 cm³/mol. The Bertz CT molecular complexity index is 781. The molecule has 0 saturated carbocycles. The molecule has 1 aromatic carbocycles. The predicted octanol–water partition coefficient (Wildman–Crippen LogP) is 1.23. The number of anilines is 1. The van der Waals surface area contributed by atoms with E-state index in [0.717, 1.165) is 10.9 Å². The van der Waals surface area contributed by atoms with E-state index < -0.39 is 17.6 Å². The molecule has 4 N–H and O–H groups in total. The van der Waals surface area contributed by atoms with Crippen molar-refractivity contribution in [2.45, 2.75) is 25.8 Å². The first-order chi connectivity index (χ1) is 10.4. The van der Waals surface area contributed by atoms with Crippen molar-refractivity contribution in [1.29, 1.82) is 0 Å². The Labute approximate surface area is 125 Å². The van der Waals surface area contributed by atoms with Crippen molar-refractivity contribution >= 4 is 28.5 Å². The second-order valence-electron chi connectivity index (χ2n) is 4.99. The third-order valence-corrected chi connectivity index (χ3v) is 3.23. The summed E-state index contributed by atoms with van der Waals surface area (Å²) in [5.74, 6) is -1.50. The van der Waals surface area contributed by atoms with E-state index in [4.69, 9.17) is 15.3 Å². The monoisotopic (exact) mass is 304 g/mol. The van der Waals surface area contributed by atoms with Gasteiger partial charge in [-0.1, -0.05) is 0 Å². The van der Waals surface area contributed by atoms with Gasteiger partial charge in [0.05, 0.1) is 0 Å². The summed E-state index contributed by atoms with van der Waals surface area (Å²) in [4.78, 5) is 33.7. The molecule has 0 aliphatic carbocycles. The molecule has 2 aromatic rings. The lowest BCUT2D eigenvalue weighted by atomic mass is 10.1. The van der Waals surface area contributed by atoms with Crippen molar-refractivity contribution in [3.63, 3.8) is 0 Å². The number of carbonyl (C=O) groups is 2. The quantitative estimate of drug-likeness (QED) is 0.714. The number of amides is 1. The molecule has 2 rings (SSSR count). The van der Waals surface area contributed by atoms with Gasteiger partial charge < -0.3 is 20.6 Å². The zero-order chi connectivity index (χ0) is 16.3. The first-order valence-electron chi connectivity index (χ1n) is 6.69. The van der Waals surface area contributed by atoms with Gasteiger partial charge in [0.15, 0.2) is 0 Å². The highest BCUT2D eigenvalue weighted by atomic mass is 16.4. The third-order valence-electron chi connectivity index (χ3n) is 3.23. The minimum Gasteiger partial charge on any atom is -0.480 e. The lowest BCUT2D eigenvalue weighted by Crippen LogP contribution is -2.31. The summed E-state index contributed by atoms with van der Waals surface area (Å²) in [7, 11) is 0. The first-order valence-corrected chi connectivity index (χ1v) is 6.69. The molecule has 0 radical (unpaired) electrons. The topological polar surface area (TPSA) is 123 Å². The van der Waals surface area contributed by atoms with E-state index in [1.165, 1.54) is 6.07 Å². The minimum atomic E-state index is -1.14. The van der Waals surface area contributed by atoms with Crippen LogP contribution >= 0.6 is 0 Å². The number of carboxylic acids is 1. The highest BCUT2D eigenvalue weighted by Crippen LogP contribution is 2.20. The number of nitrogens with one attached hydrogen (secondary N) is 1. The molecule has 116 valence electrons. The normalized spacial score (nSPS) is 12.1. The van der Waals surface area contributed by atoms with E-state index in [9.17, 15) is 14.4 Å². The molecule has 1 heterocycles. The van der Waals surface area contributed by atoms with Crippen LogP contribution in [0.3, 0.4) is 0 Å². The summed E-state index contributed by atoms with van der Waals surface area (Å²) in [5.41, 5.74) is 6.51. The van der Waals surface area contributed by atoms with Gasteiger partial charge in [0.1, 0.15) is 11.6 Å². The third kappa shape index (κ3) is 3.70. The average Bonchev–Trinajstić information content (AvgIpc) is 2.43. The molecule has 0 saturated heterocycles. The number of nitrogens with two attached hydrogens (primary N) is 1. The van der Waals surface area contributed by atoms with Crippen LogP contribution in [0, 0.1) is 6.92 Å². The Kier molecular flexibility index (Phi) is 4.57. The van der Waals surface area contributed by atoms with Gasteiger partial charge in [-0.05, 0) is 31.0 Å². The van der Waals surface area contributed by atoms with Gasteiger partial charge in [0, 0.05) is 29.6 Å². The molecule has 0 fully saturated rings. The standard InChI is InChI=1S/C15H16N2O5/c1-8-6-14(19)22-12-7-9(2-3-10(8)12)17-13(18)5-4-11(16)15(20)21/h2-3,6-7,11H,4-5,16H2,1H3,(H,17,18)(H,20,21). The van der Waals surface area contributed by atoms with Crippen LogP contribution in [0.15, 0.2) is 33.5 Å². The molecule has 1 unspecified atom stereocenters. The largest absolute Gasteiger partial charge is 0.480 e. The molecule has 0 aliphatic heterocycles. The van der Waals surface area contributed by atoms with Crippen molar-refractivity contribution in [3.05, 3.63) is 40.2 Å². The van der Waals surface area contributed by atoms with Crippen LogP contribution < -0.4 is 16.7 Å². The molecule has 22 heavy (non-hydrogen) atoms. The van der Waals surface area contributed by atoms with Crippen molar-refractivity contribution in [3.8, 4) is 0 Å². The number of fused-ring (bicyclic) bond motifs is 1. The van der Waals surface area contributed by atoms with Crippen LogP contribution in [-0.2, 0) is 9.59 Å². The van der Waals surface area contributed by atoms with E-state index >= 15 is 0 Å². The maximum atomic E-state index is 11.8. The molecule has 7 nitrogen and oxygen atoms in total. The molecule has 0 spiro atoms. The lowest BCUT2D eigenvalue weighted by molar-refractivity contribution is -0.138. The van der Waals surface area contributed by atoms with Gasteiger partial charge in [-0.25, -0.2) is 4.79 Å². The number of benzene rings is 1. The molecule has 1 amide bonds. The fraction of sp³-hybridized carbons (Fsp3) is 0.267. The van der Waals surface area contributed by atoms with Crippen LogP contribution in [0.4, 0.5) is 5.69 Å². The SMILES string of the molecule is Cc1cc(=O)oc2cc(NC(=O)CCC(N)C(=O)O)ccc12. The average molecular weight is 304 g/mol. The Morgan fingerprint density at radius 2 is 2.09 bits per heavy atom. The molecule has 0 bridgehead atoms. The number of hydrogen-bond donors (Lipinski definition) is 3. The van der Waals surface area contributed by atoms with Crippen LogP contribution in [-0.4, -0.2) is 23.0 Å². The summed E-state index contributed by atoms with van der Waals surface area (Å²) >= 11 is 0. The second-order valence-corrected chi connectivity index (χ2v) is 4.99. The maximum Gasteiger partial charge on any atom is 0.336 e. The van der Waals surface area contributed by atoms with E-state index in [-0.39, 0.29) is 18.7 Å². The van der Waals surface area contributed by atoms with E-state index in [2.05, 4.69) is 5.32 Å². The van der Waals surface area contributed by atoms with E-state index in [0.29, 0.717) is 11.3 Å². The summed E-state index contributed by atoms with van der Waals surface area (Å²) < 4.78 is 5.09. The number of carbonyl (C=O) groups excluding carboxylic acids is 1. The zero-order valence-corrected chi connectivity index (χ0v) is 12.0. The first kappa shape index (κ1) is 15.7. The van der Waals surface area contributed by atoms with Crippen LogP contribution in [0.1, 0.15) is 18.4 Å². The fourth-order valence-corrected chi connectivity index (χ4v) is 2.04. The van der Waals surface area contributed by atoms with E-state index in [1.54, 1.807) is 25.1 Å². The Morgan fingerprint density at radius 1 is 1.36 bits per heavy atom. The van der Waals surface area contributed by atoms with Crippen LogP contribution in [0.2, 0.25) is 0 Å². The molecular weight excluding hydrogens is 288 g/mol. The summed E-state index contributed by atoms with van der Waals surface area (Å²) in [6.07, 6.45) is 0.0339. The zero-order valence-electron chi connectivity index (χ0n) is 12.0. The lowest BCUT2D eigenvalue weighted by Gasteiger charge is -2.08. The Hall–Kier alpha value is -2.67. The summed E-state index contributed by atoms with van der Waals surface area (Å²) in [5, 5.41) is 12.1. The molecule has 0 aliphatic rings. The smallest absolute Gasteiger partial charge is 0.336 e. The highest BCUT2D eigenvalue weighted by Gasteiger charge is 2.13. The number of rotatable bonds is 5. The van der Waals surface area contributed by atoms with Crippen molar-refractivity contribution < 1.29 is 19.1 Å². The second kappa shape index (κ2) is 6.40. The summed E-state index contributed by atoms with van der Waals surface area (Å²) in [6.45, 7) is 1.80. The Balaban J connectivity index is 2.10. The number of aliphatic carboxylic acids is 1. The van der Waals surface area contributed by atoms with Gasteiger partial charge in [-0.2, -0.15) is 0 Å². The van der Waals surface area contributed by atoms with Crippen LogP contribution in [0.5, 0.6) is 0 Å². The van der Waals surface area contributed by atoms with Crippen molar-refractivity contribution in [1.82, 2.24) is 0 Å². The number of hydrogen-bond acceptors (Lipinski definition) is 5. The molecular formula is C15H16N2O5. The van der Waals surface area contributed by atoms with E-state index in [1.807, 2.05) is 0 Å². The van der Waals surface area contributed by atoms with Gasteiger partial charge in [-0.3, -0.25) is 9.59 Å². The van der Waals surface area contributed by atoms with Crippen molar-refractivity contribution in [2.75, 3.05) is 5.32 Å². The van der Waals surface area contributed by atoms with Gasteiger partial charge in [-0.15, -0.1) is 0 Å². The van der Waals surface area contributed by atoms with Crippen LogP contribution in [0.25, 0.3) is 11.0 Å².